The van der Waals surface area contributed by atoms with Crippen LogP contribution in [0.2, 0.25) is 0 Å². The van der Waals surface area contributed by atoms with E-state index in [-0.39, 0.29) is 22.2 Å². The van der Waals surface area contributed by atoms with Crippen LogP contribution in [-0.4, -0.2) is 43.9 Å². The number of aliphatic hydroxyl groups excluding tert-OH is 1. The highest BCUT2D eigenvalue weighted by molar-refractivity contribution is 6.27. The molecule has 0 saturated heterocycles. The van der Waals surface area contributed by atoms with Crippen LogP contribution in [0.5, 0.6) is 0 Å². The lowest BCUT2D eigenvalue weighted by Crippen LogP contribution is -2.40. The summed E-state index contributed by atoms with van der Waals surface area (Å²) in [5.74, 6) is 0. The summed E-state index contributed by atoms with van der Waals surface area (Å²) in [4.78, 5) is 0. The molecule has 1 N–H and O–H groups in total. The maximum Gasteiger partial charge on any atom is 0.421 e. The maximum absolute atomic E-state index is 9.84. The number of hydrogen-bond donors (Lipinski definition) is 1. The summed E-state index contributed by atoms with van der Waals surface area (Å²) in [5, 5.41) is 9.84. The van der Waals surface area contributed by atoms with Crippen molar-refractivity contribution in [3.05, 3.63) is 35.9 Å². The van der Waals surface area contributed by atoms with Crippen molar-refractivity contribution < 1.29 is 18.4 Å². The molecule has 0 bridgehead atoms. The van der Waals surface area contributed by atoms with Crippen LogP contribution >= 0.6 is 0 Å². The molecule has 6 heteroatoms. The van der Waals surface area contributed by atoms with Gasteiger partial charge in [0.1, 0.15) is 6.10 Å². The number of hydrogen-bond acceptors (Lipinski definition) is 4. The topological polar surface area (TPSA) is 47.9 Å². The van der Waals surface area contributed by atoms with E-state index in [2.05, 4.69) is 10.5 Å². The average Bonchev–Trinajstić information content (AvgIpc) is 2.43. The van der Waals surface area contributed by atoms with Gasteiger partial charge in [0.15, 0.2) is 0 Å². The van der Waals surface area contributed by atoms with E-state index in [0.29, 0.717) is 6.61 Å². The summed E-state index contributed by atoms with van der Waals surface area (Å²) in [6.07, 6.45) is -0.432. The van der Waals surface area contributed by atoms with Crippen LogP contribution in [0.25, 0.3) is 0 Å². The van der Waals surface area contributed by atoms with Crippen molar-refractivity contribution in [1.82, 2.24) is 0 Å². The molecule has 0 fully saturated rings. The number of rotatable bonds is 9. The molecule has 103 valence electrons. The summed E-state index contributed by atoms with van der Waals surface area (Å²) >= 11 is 0. The monoisotopic (exact) mass is 295 g/mol. The lowest BCUT2D eigenvalue weighted by atomic mass is 10.1. The third-order valence-electron chi connectivity index (χ3n) is 2.77. The second-order valence-corrected chi connectivity index (χ2v) is 5.47. The van der Waals surface area contributed by atoms with Gasteiger partial charge in [0.2, 0.25) is 10.5 Å². The predicted octanol–water partition coefficient (Wildman–Crippen LogP) is 1.38. The van der Waals surface area contributed by atoms with Gasteiger partial charge in [-0.2, -0.15) is 0 Å². The Morgan fingerprint density at radius 2 is 2.00 bits per heavy atom. The van der Waals surface area contributed by atoms with E-state index in [4.69, 9.17) is 13.3 Å². The Bertz CT molecular complexity index is 335. The Labute approximate surface area is 120 Å². The van der Waals surface area contributed by atoms with E-state index < -0.39 is 6.10 Å². The van der Waals surface area contributed by atoms with Crippen molar-refractivity contribution >= 4 is 20.5 Å². The number of ether oxygens (including phenoxy) is 1. The van der Waals surface area contributed by atoms with Gasteiger partial charge in [0.05, 0.1) is 18.8 Å². The Hall–Kier alpha value is -0.506. The third-order valence-corrected chi connectivity index (χ3v) is 3.50. The molecule has 0 aromatic heterocycles. The molecule has 0 heterocycles. The molecule has 5 radical (unpaired) electrons. The summed E-state index contributed by atoms with van der Waals surface area (Å²) in [6.45, 7) is 4.15. The Kier molecular flexibility index (Phi) is 8.19. The van der Waals surface area contributed by atoms with Crippen LogP contribution < -0.4 is 0 Å². The highest BCUT2D eigenvalue weighted by Gasteiger charge is 2.26. The van der Waals surface area contributed by atoms with E-state index in [1.165, 1.54) is 0 Å². The van der Waals surface area contributed by atoms with Crippen molar-refractivity contribution in [1.29, 1.82) is 0 Å². The minimum Gasteiger partial charge on any atom is -0.435 e. The molecule has 1 rings (SSSR count). The van der Waals surface area contributed by atoms with Gasteiger partial charge >= 0.3 is 10.0 Å². The Morgan fingerprint density at radius 3 is 2.53 bits per heavy atom. The molecule has 0 amide bonds. The van der Waals surface area contributed by atoms with Crippen LogP contribution in [0.3, 0.4) is 0 Å². The van der Waals surface area contributed by atoms with Gasteiger partial charge < -0.3 is 18.4 Å². The second-order valence-electron chi connectivity index (χ2n) is 4.25. The minimum atomic E-state index is -0.604. The summed E-state index contributed by atoms with van der Waals surface area (Å²) < 4.78 is 16.1. The lowest BCUT2D eigenvalue weighted by molar-refractivity contribution is -0.0953. The fraction of sp³-hybridized carbons (Fsp3) is 0.538. The van der Waals surface area contributed by atoms with Gasteiger partial charge in [-0.25, -0.2) is 0 Å². The molecular formula is C13H19O4Si2. The molecule has 0 aliphatic rings. The van der Waals surface area contributed by atoms with Gasteiger partial charge in [-0.05, 0) is 18.9 Å². The number of benzene rings is 1. The first-order chi connectivity index (χ1) is 9.19. The van der Waals surface area contributed by atoms with Crippen LogP contribution in [0, 0.1) is 0 Å². The van der Waals surface area contributed by atoms with Gasteiger partial charge in [0.25, 0.3) is 0 Å². The third kappa shape index (κ3) is 5.98. The lowest BCUT2D eigenvalue weighted by Gasteiger charge is -2.28. The van der Waals surface area contributed by atoms with Gasteiger partial charge in [-0.15, -0.1) is 0 Å². The normalized spacial score (nSPS) is 16.0. The molecule has 1 aromatic rings. The molecule has 0 aliphatic heterocycles. The van der Waals surface area contributed by atoms with Crippen LogP contribution in [0.1, 0.15) is 25.8 Å². The van der Waals surface area contributed by atoms with Crippen LogP contribution in [0.15, 0.2) is 30.3 Å². The summed E-state index contributed by atoms with van der Waals surface area (Å²) in [7, 11) is 2.78. The molecule has 19 heavy (non-hydrogen) atoms. The first-order valence-electron chi connectivity index (χ1n) is 6.25. The highest BCUT2D eigenvalue weighted by Crippen LogP contribution is 2.14. The quantitative estimate of drug-likeness (QED) is 0.699. The van der Waals surface area contributed by atoms with Crippen LogP contribution in [-0.2, 0) is 19.9 Å². The van der Waals surface area contributed by atoms with Gasteiger partial charge in [-0.1, -0.05) is 37.3 Å². The maximum atomic E-state index is 9.84. The first-order valence-corrected chi connectivity index (χ1v) is 7.48. The molecule has 4 nitrogen and oxygen atoms in total. The fourth-order valence-electron chi connectivity index (χ4n) is 1.79. The minimum absolute atomic E-state index is 0.119. The van der Waals surface area contributed by atoms with Crippen molar-refractivity contribution in [2.75, 3.05) is 0 Å². The molecule has 0 saturated carbocycles. The first kappa shape index (κ1) is 16.5. The van der Waals surface area contributed by atoms with Crippen molar-refractivity contribution in [2.45, 2.75) is 45.2 Å². The molecule has 1 unspecified atom stereocenters. The van der Waals surface area contributed by atoms with E-state index in [0.717, 1.165) is 12.0 Å². The Balaban J connectivity index is 2.56. The zero-order valence-corrected chi connectivity index (χ0v) is 13.2. The molecule has 0 aliphatic carbocycles. The fourth-order valence-corrected chi connectivity index (χ4v) is 2.41. The van der Waals surface area contributed by atoms with Gasteiger partial charge in [0, 0.05) is 0 Å². The highest BCUT2D eigenvalue weighted by atomic mass is 28.3. The molecular weight excluding hydrogens is 276 g/mol. The van der Waals surface area contributed by atoms with E-state index in [9.17, 15) is 5.11 Å². The number of aliphatic hydroxyl groups is 1. The van der Waals surface area contributed by atoms with Crippen molar-refractivity contribution in [3.63, 3.8) is 0 Å². The molecule has 1 aromatic carbocycles. The second kappa shape index (κ2) is 9.41. The van der Waals surface area contributed by atoms with Gasteiger partial charge in [-0.3, -0.25) is 0 Å². The van der Waals surface area contributed by atoms with E-state index in [1.54, 1.807) is 6.92 Å². The zero-order chi connectivity index (χ0) is 14.1. The molecule has 0 spiro atoms. The average molecular weight is 295 g/mol. The predicted molar refractivity (Wildman–Crippen MR) is 74.5 cm³/mol. The Morgan fingerprint density at radius 1 is 1.32 bits per heavy atom. The van der Waals surface area contributed by atoms with Crippen molar-refractivity contribution in [2.24, 2.45) is 0 Å². The smallest absolute Gasteiger partial charge is 0.421 e. The van der Waals surface area contributed by atoms with E-state index >= 15 is 0 Å². The largest absolute Gasteiger partial charge is 0.435 e. The van der Waals surface area contributed by atoms with Crippen molar-refractivity contribution in [3.8, 4) is 0 Å². The van der Waals surface area contributed by atoms with Crippen LogP contribution in [0.4, 0.5) is 0 Å². The zero-order valence-electron chi connectivity index (χ0n) is 11.2. The molecule has 3 atom stereocenters. The SMILES string of the molecule is CC[C@@H](O[Si]O[Si])[C@H](OCc1ccccc1)C(C)O. The summed E-state index contributed by atoms with van der Waals surface area (Å²) in [6, 6.07) is 9.86. The van der Waals surface area contributed by atoms with E-state index in [1.807, 2.05) is 37.3 Å². The standard InChI is InChI=1S/C13H19O4Si2/c1-3-12(16-19-17-18)13(10(2)14)15-9-11-7-5-4-6-8-11/h4-8,10,12-14H,3,9H2,1-2H3/t10?,12-,13-/m1/s1. The summed E-state index contributed by atoms with van der Waals surface area (Å²) in [5.41, 5.74) is 1.07.